The quantitative estimate of drug-likeness (QED) is 0.867. The molecule has 3 nitrogen and oxygen atoms in total. The molecule has 16 heavy (non-hydrogen) atoms. The SMILES string of the molecule is CNCc1cc(Br)ccc1OCCN(C)C. The van der Waals surface area contributed by atoms with Crippen LogP contribution >= 0.6 is 15.9 Å². The summed E-state index contributed by atoms with van der Waals surface area (Å²) in [6.45, 7) is 2.46. The minimum atomic E-state index is 0.714. The molecule has 4 heteroatoms. The van der Waals surface area contributed by atoms with Gasteiger partial charge >= 0.3 is 0 Å². The lowest BCUT2D eigenvalue weighted by atomic mass is 10.2. The minimum absolute atomic E-state index is 0.714. The molecular weight excluding hydrogens is 268 g/mol. The molecule has 0 aliphatic rings. The molecule has 0 bridgehead atoms. The maximum absolute atomic E-state index is 5.75. The number of ether oxygens (including phenoxy) is 1. The molecule has 0 aliphatic carbocycles. The molecule has 0 unspecified atom stereocenters. The van der Waals surface area contributed by atoms with Crippen LogP contribution in [0.4, 0.5) is 0 Å². The Labute approximate surface area is 106 Å². The first kappa shape index (κ1) is 13.5. The van der Waals surface area contributed by atoms with E-state index >= 15 is 0 Å². The Hall–Kier alpha value is -0.580. The van der Waals surface area contributed by atoms with Crippen LogP contribution in [0.5, 0.6) is 5.75 Å². The lowest BCUT2D eigenvalue weighted by Gasteiger charge is -2.14. The predicted molar refractivity (Wildman–Crippen MR) is 71.0 cm³/mol. The lowest BCUT2D eigenvalue weighted by Crippen LogP contribution is -2.20. The standard InChI is InChI=1S/C12H19BrN2O/c1-14-9-10-8-11(13)4-5-12(10)16-7-6-15(2)3/h4-5,8,14H,6-7,9H2,1-3H3. The van der Waals surface area contributed by atoms with Gasteiger partial charge in [-0.3, -0.25) is 0 Å². The van der Waals surface area contributed by atoms with E-state index in [1.807, 2.05) is 33.3 Å². The summed E-state index contributed by atoms with van der Waals surface area (Å²) in [6.07, 6.45) is 0. The summed E-state index contributed by atoms with van der Waals surface area (Å²) >= 11 is 3.47. The number of nitrogens with zero attached hydrogens (tertiary/aromatic N) is 1. The van der Waals surface area contributed by atoms with Crippen LogP contribution in [0, 0.1) is 0 Å². The highest BCUT2D eigenvalue weighted by Gasteiger charge is 2.03. The van der Waals surface area contributed by atoms with Crippen molar-refractivity contribution < 1.29 is 4.74 Å². The van der Waals surface area contributed by atoms with Gasteiger partial charge in [-0.25, -0.2) is 0 Å². The fourth-order valence-corrected chi connectivity index (χ4v) is 1.76. The van der Waals surface area contributed by atoms with Crippen LogP contribution in [-0.2, 0) is 6.54 Å². The second kappa shape index (κ2) is 6.89. The third-order valence-electron chi connectivity index (χ3n) is 2.19. The van der Waals surface area contributed by atoms with Crippen molar-refractivity contribution in [3.63, 3.8) is 0 Å². The molecule has 1 N–H and O–H groups in total. The van der Waals surface area contributed by atoms with Crippen molar-refractivity contribution in [3.8, 4) is 5.75 Å². The predicted octanol–water partition coefficient (Wildman–Crippen LogP) is 2.11. The van der Waals surface area contributed by atoms with E-state index in [0.29, 0.717) is 6.61 Å². The van der Waals surface area contributed by atoms with E-state index in [0.717, 1.165) is 23.3 Å². The smallest absolute Gasteiger partial charge is 0.123 e. The van der Waals surface area contributed by atoms with Crippen molar-refractivity contribution in [1.82, 2.24) is 10.2 Å². The van der Waals surface area contributed by atoms with Crippen LogP contribution in [0.3, 0.4) is 0 Å². The van der Waals surface area contributed by atoms with Crippen molar-refractivity contribution >= 4 is 15.9 Å². The van der Waals surface area contributed by atoms with Gasteiger partial charge in [0.05, 0.1) is 0 Å². The van der Waals surface area contributed by atoms with Crippen LogP contribution < -0.4 is 10.1 Å². The molecule has 1 rings (SSSR count). The van der Waals surface area contributed by atoms with Crippen LogP contribution in [0.1, 0.15) is 5.56 Å². The molecule has 0 fully saturated rings. The second-order valence-electron chi connectivity index (χ2n) is 3.93. The van der Waals surface area contributed by atoms with E-state index in [1.54, 1.807) is 0 Å². The number of rotatable bonds is 6. The molecule has 90 valence electrons. The molecule has 0 saturated carbocycles. The molecule has 0 radical (unpaired) electrons. The first-order chi connectivity index (χ1) is 7.63. The Kier molecular flexibility index (Phi) is 5.80. The molecule has 0 amide bonds. The fraction of sp³-hybridized carbons (Fsp3) is 0.500. The zero-order valence-corrected chi connectivity index (χ0v) is 11.7. The topological polar surface area (TPSA) is 24.5 Å². The van der Waals surface area contributed by atoms with Gasteiger partial charge in [-0.2, -0.15) is 0 Å². The van der Waals surface area contributed by atoms with Gasteiger partial charge in [0.25, 0.3) is 0 Å². The average molecular weight is 287 g/mol. The average Bonchev–Trinajstić information content (AvgIpc) is 2.21. The summed E-state index contributed by atoms with van der Waals surface area (Å²) in [7, 11) is 6.02. The highest BCUT2D eigenvalue weighted by atomic mass is 79.9. The van der Waals surface area contributed by atoms with Crippen LogP contribution in [0.2, 0.25) is 0 Å². The van der Waals surface area contributed by atoms with Gasteiger partial charge in [-0.1, -0.05) is 15.9 Å². The van der Waals surface area contributed by atoms with Crippen LogP contribution in [-0.4, -0.2) is 39.2 Å². The number of likely N-dealkylation sites (N-methyl/N-ethyl adjacent to an activating group) is 1. The van der Waals surface area contributed by atoms with Crippen molar-refractivity contribution in [1.29, 1.82) is 0 Å². The third kappa shape index (κ3) is 4.51. The van der Waals surface area contributed by atoms with Gasteiger partial charge in [0.15, 0.2) is 0 Å². The molecular formula is C12H19BrN2O. The monoisotopic (exact) mass is 286 g/mol. The Morgan fingerprint density at radius 1 is 1.38 bits per heavy atom. The number of hydrogen-bond acceptors (Lipinski definition) is 3. The van der Waals surface area contributed by atoms with E-state index in [-0.39, 0.29) is 0 Å². The summed E-state index contributed by atoms with van der Waals surface area (Å²) < 4.78 is 6.83. The maximum atomic E-state index is 5.75. The zero-order valence-electron chi connectivity index (χ0n) is 10.1. The molecule has 0 aromatic heterocycles. The number of benzene rings is 1. The molecule has 1 aromatic carbocycles. The van der Waals surface area contributed by atoms with Crippen molar-refractivity contribution in [2.24, 2.45) is 0 Å². The van der Waals surface area contributed by atoms with E-state index in [1.165, 1.54) is 5.56 Å². The molecule has 0 heterocycles. The van der Waals surface area contributed by atoms with Gasteiger partial charge in [-0.05, 0) is 39.3 Å². The maximum Gasteiger partial charge on any atom is 0.123 e. The van der Waals surface area contributed by atoms with Gasteiger partial charge in [-0.15, -0.1) is 0 Å². The van der Waals surface area contributed by atoms with Crippen molar-refractivity contribution in [2.75, 3.05) is 34.3 Å². The van der Waals surface area contributed by atoms with Crippen LogP contribution in [0.25, 0.3) is 0 Å². The number of nitrogens with one attached hydrogen (secondary N) is 1. The second-order valence-corrected chi connectivity index (χ2v) is 4.85. The molecule has 0 saturated heterocycles. The summed E-state index contributed by atoms with van der Waals surface area (Å²) in [5.74, 6) is 0.958. The normalized spacial score (nSPS) is 10.8. The minimum Gasteiger partial charge on any atom is -0.492 e. The first-order valence-corrected chi connectivity index (χ1v) is 6.13. The Bertz CT molecular complexity index is 329. The summed E-state index contributed by atoms with van der Waals surface area (Å²) in [4.78, 5) is 2.11. The number of halogens is 1. The Morgan fingerprint density at radius 2 is 2.12 bits per heavy atom. The molecule has 1 aromatic rings. The summed E-state index contributed by atoms with van der Waals surface area (Å²) in [5, 5.41) is 3.14. The zero-order chi connectivity index (χ0) is 12.0. The third-order valence-corrected chi connectivity index (χ3v) is 2.68. The molecule has 0 atom stereocenters. The van der Waals surface area contributed by atoms with Gasteiger partial charge in [0.2, 0.25) is 0 Å². The van der Waals surface area contributed by atoms with Crippen molar-refractivity contribution in [2.45, 2.75) is 6.54 Å². The van der Waals surface area contributed by atoms with Crippen LogP contribution in [0.15, 0.2) is 22.7 Å². The Morgan fingerprint density at radius 3 is 2.75 bits per heavy atom. The van der Waals surface area contributed by atoms with Crippen molar-refractivity contribution in [3.05, 3.63) is 28.2 Å². The highest BCUT2D eigenvalue weighted by Crippen LogP contribution is 2.23. The summed E-state index contributed by atoms with van der Waals surface area (Å²) in [6, 6.07) is 6.10. The summed E-state index contributed by atoms with van der Waals surface area (Å²) in [5.41, 5.74) is 1.18. The van der Waals surface area contributed by atoms with E-state index in [4.69, 9.17) is 4.74 Å². The lowest BCUT2D eigenvalue weighted by molar-refractivity contribution is 0.259. The highest BCUT2D eigenvalue weighted by molar-refractivity contribution is 9.10. The largest absolute Gasteiger partial charge is 0.492 e. The Balaban J connectivity index is 2.63. The van der Waals surface area contributed by atoms with E-state index < -0.39 is 0 Å². The van der Waals surface area contributed by atoms with E-state index in [9.17, 15) is 0 Å². The van der Waals surface area contributed by atoms with Gasteiger partial charge < -0.3 is 15.0 Å². The first-order valence-electron chi connectivity index (χ1n) is 5.34. The fourth-order valence-electron chi connectivity index (χ4n) is 1.36. The van der Waals surface area contributed by atoms with E-state index in [2.05, 4.69) is 32.2 Å². The molecule has 0 aliphatic heterocycles. The van der Waals surface area contributed by atoms with Gasteiger partial charge in [0, 0.05) is 23.1 Å². The number of hydrogen-bond donors (Lipinski definition) is 1. The van der Waals surface area contributed by atoms with Gasteiger partial charge in [0.1, 0.15) is 12.4 Å². The molecule has 0 spiro atoms.